The van der Waals surface area contributed by atoms with Gasteiger partial charge < -0.3 is 19.7 Å². The molecule has 1 atom stereocenters. The van der Waals surface area contributed by atoms with Gasteiger partial charge in [0.25, 0.3) is 5.91 Å². The first-order chi connectivity index (χ1) is 15.6. The maximum atomic E-state index is 12.6. The maximum Gasteiger partial charge on any atom is 0.258 e. The predicted octanol–water partition coefficient (Wildman–Crippen LogP) is 3.80. The Bertz CT molecular complexity index is 911. The number of methoxy groups -OCH3 is 1. The van der Waals surface area contributed by atoms with Crippen LogP contribution in [0.4, 0.5) is 5.69 Å². The van der Waals surface area contributed by atoms with E-state index in [1.165, 1.54) is 42.5 Å². The van der Waals surface area contributed by atoms with Gasteiger partial charge in [-0.2, -0.15) is 0 Å². The summed E-state index contributed by atoms with van der Waals surface area (Å²) in [6.07, 6.45) is 6.05. The van der Waals surface area contributed by atoms with Crippen molar-refractivity contribution in [1.82, 2.24) is 10.2 Å². The van der Waals surface area contributed by atoms with E-state index in [0.717, 1.165) is 26.1 Å². The molecule has 1 saturated heterocycles. The average molecular weight is 438 g/mol. The fourth-order valence-corrected chi connectivity index (χ4v) is 4.80. The zero-order chi connectivity index (χ0) is 22.3. The van der Waals surface area contributed by atoms with Crippen LogP contribution in [0.1, 0.15) is 42.9 Å². The molecule has 0 spiro atoms. The molecule has 1 amide bonds. The third-order valence-electron chi connectivity index (χ3n) is 6.57. The lowest BCUT2D eigenvalue weighted by atomic mass is 9.95. The van der Waals surface area contributed by atoms with Crippen molar-refractivity contribution in [2.45, 2.75) is 38.1 Å². The number of rotatable bonds is 8. The first-order valence-electron chi connectivity index (χ1n) is 11.8. The third-order valence-corrected chi connectivity index (χ3v) is 6.57. The second kappa shape index (κ2) is 10.7. The van der Waals surface area contributed by atoms with E-state index in [1.807, 2.05) is 18.2 Å². The summed E-state index contributed by atoms with van der Waals surface area (Å²) in [5.74, 6) is 1.24. The topological polar surface area (TPSA) is 54.0 Å². The van der Waals surface area contributed by atoms with Crippen LogP contribution < -0.4 is 19.7 Å². The number of aryl methyl sites for hydroxylation is 1. The van der Waals surface area contributed by atoms with E-state index in [2.05, 4.69) is 40.4 Å². The highest BCUT2D eigenvalue weighted by Crippen LogP contribution is 2.31. The quantitative estimate of drug-likeness (QED) is 0.681. The van der Waals surface area contributed by atoms with E-state index in [-0.39, 0.29) is 18.6 Å². The Morgan fingerprint density at radius 1 is 1.03 bits per heavy atom. The minimum atomic E-state index is -0.104. The van der Waals surface area contributed by atoms with Gasteiger partial charge in [-0.05, 0) is 68.1 Å². The van der Waals surface area contributed by atoms with Gasteiger partial charge in [0.15, 0.2) is 6.61 Å². The van der Waals surface area contributed by atoms with E-state index < -0.39 is 0 Å². The van der Waals surface area contributed by atoms with E-state index >= 15 is 0 Å². The fraction of sp³-hybridized carbons (Fsp3) is 0.500. The van der Waals surface area contributed by atoms with Crippen LogP contribution in [0.5, 0.6) is 11.5 Å². The van der Waals surface area contributed by atoms with Gasteiger partial charge >= 0.3 is 0 Å². The molecule has 0 radical (unpaired) electrons. The molecule has 2 aromatic rings. The van der Waals surface area contributed by atoms with E-state index in [4.69, 9.17) is 9.47 Å². The summed E-state index contributed by atoms with van der Waals surface area (Å²) in [4.78, 5) is 17.4. The van der Waals surface area contributed by atoms with E-state index in [9.17, 15) is 4.79 Å². The molecule has 32 heavy (non-hydrogen) atoms. The number of likely N-dealkylation sites (tertiary alicyclic amines) is 1. The molecule has 0 bridgehead atoms. The molecular formula is C26H35N3O3. The molecule has 2 heterocycles. The molecule has 172 valence electrons. The van der Waals surface area contributed by atoms with Crippen molar-refractivity contribution in [3.63, 3.8) is 0 Å². The van der Waals surface area contributed by atoms with Gasteiger partial charge in [0.2, 0.25) is 0 Å². The summed E-state index contributed by atoms with van der Waals surface area (Å²) in [7, 11) is 3.79. The summed E-state index contributed by atoms with van der Waals surface area (Å²) in [5.41, 5.74) is 4.06. The lowest BCUT2D eigenvalue weighted by Crippen LogP contribution is -2.41. The molecule has 0 aliphatic carbocycles. The number of amides is 1. The van der Waals surface area contributed by atoms with Crippen molar-refractivity contribution in [3.05, 3.63) is 53.6 Å². The average Bonchev–Trinajstić information content (AvgIpc) is 2.84. The minimum Gasteiger partial charge on any atom is -0.497 e. The highest BCUT2D eigenvalue weighted by molar-refractivity contribution is 5.77. The number of hydrogen-bond donors (Lipinski definition) is 1. The van der Waals surface area contributed by atoms with Gasteiger partial charge in [-0.25, -0.2) is 0 Å². The molecule has 1 N–H and O–H groups in total. The minimum absolute atomic E-state index is 0.00509. The molecule has 6 heteroatoms. The number of nitrogens with one attached hydrogen (secondary N) is 1. The smallest absolute Gasteiger partial charge is 0.258 e. The zero-order valence-corrected chi connectivity index (χ0v) is 19.3. The number of nitrogens with zero attached hydrogens (tertiary/aromatic N) is 2. The van der Waals surface area contributed by atoms with Gasteiger partial charge in [0.05, 0.1) is 13.2 Å². The molecule has 2 aliphatic heterocycles. The SMILES string of the molecule is COc1cccc(OCC(=O)NC[C@@H](c2ccc3c(c2)CCCN3C)N2CCCCC2)c1. The highest BCUT2D eigenvalue weighted by atomic mass is 16.5. The van der Waals surface area contributed by atoms with Crippen LogP contribution in [0, 0.1) is 0 Å². The number of anilines is 1. The standard InChI is InChI=1S/C26H35N3O3/c1-28-13-7-8-20-16-21(11-12-24(20)28)25(29-14-4-3-5-15-29)18-27-26(30)19-32-23-10-6-9-22(17-23)31-2/h6,9-12,16-17,25H,3-5,7-8,13-15,18-19H2,1-2H3,(H,27,30)/t25-/m0/s1. The fourth-order valence-electron chi connectivity index (χ4n) is 4.80. The summed E-state index contributed by atoms with van der Waals surface area (Å²) < 4.78 is 10.9. The summed E-state index contributed by atoms with van der Waals surface area (Å²) in [6, 6.07) is 14.4. The Balaban J connectivity index is 1.41. The van der Waals surface area contributed by atoms with E-state index in [0.29, 0.717) is 18.0 Å². The number of ether oxygens (including phenoxy) is 2. The van der Waals surface area contributed by atoms with Crippen LogP contribution in [0.3, 0.4) is 0 Å². The molecule has 2 aromatic carbocycles. The van der Waals surface area contributed by atoms with Crippen LogP contribution in [-0.4, -0.2) is 57.8 Å². The van der Waals surface area contributed by atoms with Gasteiger partial charge in [0.1, 0.15) is 11.5 Å². The molecule has 2 aliphatic rings. The number of hydrogen-bond acceptors (Lipinski definition) is 5. The predicted molar refractivity (Wildman–Crippen MR) is 128 cm³/mol. The molecule has 4 rings (SSSR count). The van der Waals surface area contributed by atoms with Crippen molar-refractivity contribution in [2.75, 3.05) is 51.8 Å². The number of piperidine rings is 1. The van der Waals surface area contributed by atoms with Gasteiger partial charge in [-0.15, -0.1) is 0 Å². The van der Waals surface area contributed by atoms with Crippen molar-refractivity contribution >= 4 is 11.6 Å². The summed E-state index contributed by atoms with van der Waals surface area (Å²) in [5, 5.41) is 3.12. The molecular weight excluding hydrogens is 402 g/mol. The molecule has 0 aromatic heterocycles. The Kier molecular flexibility index (Phi) is 7.53. The summed E-state index contributed by atoms with van der Waals surface area (Å²) >= 11 is 0. The second-order valence-electron chi connectivity index (χ2n) is 8.80. The van der Waals surface area contributed by atoms with Gasteiger partial charge in [-0.1, -0.05) is 24.6 Å². The van der Waals surface area contributed by atoms with E-state index in [1.54, 1.807) is 13.2 Å². The van der Waals surface area contributed by atoms with Gasteiger partial charge in [-0.3, -0.25) is 9.69 Å². The van der Waals surface area contributed by atoms with Crippen molar-refractivity contribution in [2.24, 2.45) is 0 Å². The molecule has 0 unspecified atom stereocenters. The Hall–Kier alpha value is -2.73. The number of carbonyl (C=O) groups excluding carboxylic acids is 1. The Morgan fingerprint density at radius 2 is 1.84 bits per heavy atom. The third kappa shape index (κ3) is 5.54. The van der Waals surface area contributed by atoms with Crippen LogP contribution in [0.25, 0.3) is 0 Å². The molecule has 0 saturated carbocycles. The largest absolute Gasteiger partial charge is 0.497 e. The Labute approximate surface area is 191 Å². The van der Waals surface area contributed by atoms with Crippen LogP contribution >= 0.6 is 0 Å². The van der Waals surface area contributed by atoms with Crippen molar-refractivity contribution in [1.29, 1.82) is 0 Å². The van der Waals surface area contributed by atoms with Crippen molar-refractivity contribution < 1.29 is 14.3 Å². The first-order valence-corrected chi connectivity index (χ1v) is 11.8. The first kappa shape index (κ1) is 22.5. The normalized spacial score (nSPS) is 17.4. The molecule has 6 nitrogen and oxygen atoms in total. The van der Waals surface area contributed by atoms with Crippen LogP contribution in [0.15, 0.2) is 42.5 Å². The summed E-state index contributed by atoms with van der Waals surface area (Å²) in [6.45, 7) is 3.87. The van der Waals surface area contributed by atoms with Gasteiger partial charge in [0, 0.05) is 31.9 Å². The lowest BCUT2D eigenvalue weighted by molar-refractivity contribution is -0.123. The lowest BCUT2D eigenvalue weighted by Gasteiger charge is -2.36. The Morgan fingerprint density at radius 3 is 2.66 bits per heavy atom. The highest BCUT2D eigenvalue weighted by Gasteiger charge is 2.24. The number of carbonyl (C=O) groups is 1. The zero-order valence-electron chi connectivity index (χ0n) is 19.3. The molecule has 1 fully saturated rings. The number of benzene rings is 2. The van der Waals surface area contributed by atoms with Crippen molar-refractivity contribution in [3.8, 4) is 11.5 Å². The monoisotopic (exact) mass is 437 g/mol. The van der Waals surface area contributed by atoms with Crippen LogP contribution in [-0.2, 0) is 11.2 Å². The van der Waals surface area contributed by atoms with Crippen LogP contribution in [0.2, 0.25) is 0 Å². The maximum absolute atomic E-state index is 12.6. The number of fused-ring (bicyclic) bond motifs is 1. The second-order valence-corrected chi connectivity index (χ2v) is 8.80.